The zero-order chi connectivity index (χ0) is 16.2. The molecular weight excluding hydrogens is 290 g/mol. The minimum absolute atomic E-state index is 0.337. The van der Waals surface area contributed by atoms with Crippen LogP contribution in [0.4, 0.5) is 5.69 Å². The minimum Gasteiger partial charge on any atom is -0.493 e. The maximum absolute atomic E-state index is 12.3. The number of ketones is 1. The molecule has 0 aromatic heterocycles. The van der Waals surface area contributed by atoms with Crippen molar-refractivity contribution in [1.29, 1.82) is 0 Å². The Morgan fingerprint density at radius 1 is 1.00 bits per heavy atom. The summed E-state index contributed by atoms with van der Waals surface area (Å²) in [4.78, 5) is 25.9. The SMILES string of the molecule is CCCCOc1ccccc1CN1C(=O)C(=O)c2ccccc21. The summed E-state index contributed by atoms with van der Waals surface area (Å²) in [7, 11) is 0. The number of unbranched alkanes of at least 4 members (excludes halogenated alkanes) is 1. The van der Waals surface area contributed by atoms with Gasteiger partial charge in [-0.2, -0.15) is 0 Å². The number of hydrogen-bond donors (Lipinski definition) is 0. The number of nitrogens with zero attached hydrogens (tertiary/aromatic N) is 1. The Hall–Kier alpha value is -2.62. The van der Waals surface area contributed by atoms with E-state index < -0.39 is 11.7 Å². The molecule has 23 heavy (non-hydrogen) atoms. The third kappa shape index (κ3) is 2.97. The Labute approximate surface area is 135 Å². The Kier molecular flexibility index (Phi) is 4.42. The Bertz CT molecular complexity index is 739. The van der Waals surface area contributed by atoms with Crippen molar-refractivity contribution in [1.82, 2.24) is 0 Å². The second-order valence-electron chi connectivity index (χ2n) is 5.55. The minimum atomic E-state index is -0.477. The number of amides is 1. The van der Waals surface area contributed by atoms with Crippen LogP contribution in [-0.4, -0.2) is 18.3 Å². The van der Waals surface area contributed by atoms with Crippen LogP contribution in [-0.2, 0) is 11.3 Å². The summed E-state index contributed by atoms with van der Waals surface area (Å²) in [5.74, 6) is -0.148. The summed E-state index contributed by atoms with van der Waals surface area (Å²) in [5.41, 5.74) is 2.05. The molecule has 0 spiro atoms. The van der Waals surface area contributed by atoms with Gasteiger partial charge in [0.1, 0.15) is 5.75 Å². The molecule has 1 heterocycles. The van der Waals surface area contributed by atoms with Crippen molar-refractivity contribution in [2.45, 2.75) is 26.3 Å². The van der Waals surface area contributed by atoms with E-state index in [9.17, 15) is 9.59 Å². The summed E-state index contributed by atoms with van der Waals surface area (Å²) in [5, 5.41) is 0. The van der Waals surface area contributed by atoms with Gasteiger partial charge in [0.05, 0.1) is 24.4 Å². The lowest BCUT2D eigenvalue weighted by atomic mass is 10.1. The van der Waals surface area contributed by atoms with Crippen LogP contribution in [0.1, 0.15) is 35.7 Å². The first-order chi connectivity index (χ1) is 11.2. The lowest BCUT2D eigenvalue weighted by Gasteiger charge is -2.19. The number of carbonyl (C=O) groups is 2. The molecule has 0 unspecified atom stereocenters. The van der Waals surface area contributed by atoms with Crippen LogP contribution in [0.25, 0.3) is 0 Å². The number of carbonyl (C=O) groups excluding carboxylic acids is 2. The molecule has 118 valence electrons. The summed E-state index contributed by atoms with van der Waals surface area (Å²) < 4.78 is 5.81. The normalized spacial score (nSPS) is 13.3. The molecule has 0 N–H and O–H groups in total. The van der Waals surface area contributed by atoms with Crippen molar-refractivity contribution in [3.05, 3.63) is 59.7 Å². The second kappa shape index (κ2) is 6.65. The van der Waals surface area contributed by atoms with E-state index in [1.54, 1.807) is 18.2 Å². The van der Waals surface area contributed by atoms with Gasteiger partial charge in [0.2, 0.25) is 0 Å². The van der Waals surface area contributed by atoms with Crippen molar-refractivity contribution < 1.29 is 14.3 Å². The second-order valence-corrected chi connectivity index (χ2v) is 5.55. The summed E-state index contributed by atoms with van der Waals surface area (Å²) in [6.07, 6.45) is 2.05. The molecule has 0 bridgehead atoms. The number of hydrogen-bond acceptors (Lipinski definition) is 3. The highest BCUT2D eigenvalue weighted by Gasteiger charge is 2.35. The molecule has 2 aromatic carbocycles. The van der Waals surface area contributed by atoms with E-state index in [2.05, 4.69) is 6.92 Å². The molecule has 0 radical (unpaired) electrons. The number of Topliss-reactive ketones (excluding diaryl/α,β-unsaturated/α-hetero) is 1. The van der Waals surface area contributed by atoms with Crippen LogP contribution in [0.5, 0.6) is 5.75 Å². The number of anilines is 1. The average Bonchev–Trinajstić information content (AvgIpc) is 2.82. The van der Waals surface area contributed by atoms with Crippen molar-refractivity contribution in [2.24, 2.45) is 0 Å². The van der Waals surface area contributed by atoms with E-state index in [-0.39, 0.29) is 0 Å². The zero-order valence-corrected chi connectivity index (χ0v) is 13.1. The Balaban J connectivity index is 1.85. The fourth-order valence-electron chi connectivity index (χ4n) is 2.68. The van der Waals surface area contributed by atoms with Gasteiger partial charge in [-0.3, -0.25) is 9.59 Å². The number of para-hydroxylation sites is 2. The number of benzene rings is 2. The number of ether oxygens (including phenoxy) is 1. The van der Waals surface area contributed by atoms with Gasteiger partial charge in [-0.15, -0.1) is 0 Å². The highest BCUT2D eigenvalue weighted by molar-refractivity contribution is 6.52. The van der Waals surface area contributed by atoms with Gasteiger partial charge in [0.25, 0.3) is 11.7 Å². The van der Waals surface area contributed by atoms with Gasteiger partial charge in [-0.05, 0) is 24.6 Å². The maximum atomic E-state index is 12.3. The zero-order valence-electron chi connectivity index (χ0n) is 13.1. The summed E-state index contributed by atoms with van der Waals surface area (Å²) >= 11 is 0. The van der Waals surface area contributed by atoms with Crippen LogP contribution < -0.4 is 9.64 Å². The van der Waals surface area contributed by atoms with E-state index in [1.165, 1.54) is 4.90 Å². The van der Waals surface area contributed by atoms with Gasteiger partial charge in [-0.25, -0.2) is 0 Å². The van der Waals surface area contributed by atoms with E-state index in [0.29, 0.717) is 24.4 Å². The van der Waals surface area contributed by atoms with Gasteiger partial charge in [-0.1, -0.05) is 43.7 Å². The van der Waals surface area contributed by atoms with Crippen LogP contribution in [0.15, 0.2) is 48.5 Å². The molecule has 3 rings (SSSR count). The molecule has 0 saturated heterocycles. The fourth-order valence-corrected chi connectivity index (χ4v) is 2.68. The first kappa shape index (κ1) is 15.3. The van der Waals surface area contributed by atoms with Gasteiger partial charge in [0.15, 0.2) is 0 Å². The standard InChI is InChI=1S/C19H19NO3/c1-2-3-12-23-17-11-7-4-8-14(17)13-20-16-10-6-5-9-15(16)18(21)19(20)22/h4-11H,2-3,12-13H2,1H3. The van der Waals surface area contributed by atoms with Crippen LogP contribution in [0.3, 0.4) is 0 Å². The number of fused-ring (bicyclic) bond motifs is 1. The molecule has 0 aliphatic carbocycles. The first-order valence-corrected chi connectivity index (χ1v) is 7.88. The van der Waals surface area contributed by atoms with Crippen molar-refractivity contribution in [2.75, 3.05) is 11.5 Å². The molecule has 0 atom stereocenters. The highest BCUT2D eigenvalue weighted by Crippen LogP contribution is 2.31. The van der Waals surface area contributed by atoms with Gasteiger partial charge in [0, 0.05) is 5.56 Å². The smallest absolute Gasteiger partial charge is 0.299 e. The molecule has 4 nitrogen and oxygen atoms in total. The predicted molar refractivity (Wildman–Crippen MR) is 88.8 cm³/mol. The Morgan fingerprint density at radius 3 is 2.57 bits per heavy atom. The molecule has 1 aliphatic rings. The third-order valence-corrected chi connectivity index (χ3v) is 3.94. The van der Waals surface area contributed by atoms with Crippen LogP contribution >= 0.6 is 0 Å². The van der Waals surface area contributed by atoms with Crippen molar-refractivity contribution >= 4 is 17.4 Å². The first-order valence-electron chi connectivity index (χ1n) is 7.88. The lowest BCUT2D eigenvalue weighted by molar-refractivity contribution is -0.114. The van der Waals surface area contributed by atoms with Gasteiger partial charge >= 0.3 is 0 Å². The van der Waals surface area contributed by atoms with E-state index in [0.717, 1.165) is 24.2 Å². The fraction of sp³-hybridized carbons (Fsp3) is 0.263. The molecule has 1 amide bonds. The lowest BCUT2D eigenvalue weighted by Crippen LogP contribution is -2.29. The average molecular weight is 309 g/mol. The van der Waals surface area contributed by atoms with Crippen LogP contribution in [0.2, 0.25) is 0 Å². The third-order valence-electron chi connectivity index (χ3n) is 3.94. The van der Waals surface area contributed by atoms with Gasteiger partial charge < -0.3 is 9.64 Å². The molecule has 4 heteroatoms. The largest absolute Gasteiger partial charge is 0.493 e. The monoisotopic (exact) mass is 309 g/mol. The molecule has 0 fully saturated rings. The van der Waals surface area contributed by atoms with Crippen molar-refractivity contribution in [3.8, 4) is 5.75 Å². The topological polar surface area (TPSA) is 46.6 Å². The van der Waals surface area contributed by atoms with E-state index >= 15 is 0 Å². The van der Waals surface area contributed by atoms with Crippen molar-refractivity contribution in [3.63, 3.8) is 0 Å². The Morgan fingerprint density at radius 2 is 1.74 bits per heavy atom. The van der Waals surface area contributed by atoms with E-state index in [1.807, 2.05) is 30.3 Å². The van der Waals surface area contributed by atoms with E-state index in [4.69, 9.17) is 4.74 Å². The predicted octanol–water partition coefficient (Wildman–Crippen LogP) is 3.60. The maximum Gasteiger partial charge on any atom is 0.299 e. The quantitative estimate of drug-likeness (QED) is 0.605. The highest BCUT2D eigenvalue weighted by atomic mass is 16.5. The number of rotatable bonds is 6. The molecule has 1 aliphatic heterocycles. The molecule has 2 aromatic rings. The summed E-state index contributed by atoms with van der Waals surface area (Å²) in [6.45, 7) is 3.10. The van der Waals surface area contributed by atoms with Crippen LogP contribution in [0, 0.1) is 0 Å². The molecular formula is C19H19NO3. The summed E-state index contributed by atoms with van der Waals surface area (Å²) in [6, 6.07) is 14.8. The molecule has 0 saturated carbocycles.